The standard InChI is InChI=1S/C23H22F2N2O4S/c1-4-15-11-17(14-27(3)23(15)28)22-16(13-26-32(29,30)5-2)7-6-8-21(22)31-20-10-9-18(24)12-19(20)25/h5-12,14,26H,2,4,13H2,1,3H3. The Bertz CT molecular complexity index is 1330. The van der Waals surface area contributed by atoms with E-state index in [1.165, 1.54) is 10.6 Å². The molecule has 3 aromatic rings. The van der Waals surface area contributed by atoms with Crippen molar-refractivity contribution in [1.29, 1.82) is 0 Å². The van der Waals surface area contributed by atoms with Gasteiger partial charge in [0, 0.05) is 48.0 Å². The van der Waals surface area contributed by atoms with Gasteiger partial charge in [0.25, 0.3) is 5.56 Å². The van der Waals surface area contributed by atoms with Gasteiger partial charge in [-0.2, -0.15) is 0 Å². The van der Waals surface area contributed by atoms with E-state index < -0.39 is 21.7 Å². The van der Waals surface area contributed by atoms with Crippen molar-refractivity contribution in [3.8, 4) is 22.6 Å². The predicted molar refractivity (Wildman–Crippen MR) is 119 cm³/mol. The summed E-state index contributed by atoms with van der Waals surface area (Å²) in [5.41, 5.74) is 1.96. The summed E-state index contributed by atoms with van der Waals surface area (Å²) in [5, 5.41) is 0.794. The number of halogens is 2. The number of hydrogen-bond acceptors (Lipinski definition) is 4. The molecule has 6 nitrogen and oxygen atoms in total. The van der Waals surface area contributed by atoms with E-state index in [1.54, 1.807) is 37.5 Å². The molecule has 0 radical (unpaired) electrons. The zero-order valence-electron chi connectivity index (χ0n) is 17.6. The van der Waals surface area contributed by atoms with Crippen LogP contribution in [0.1, 0.15) is 18.1 Å². The number of benzene rings is 2. The highest BCUT2D eigenvalue weighted by Crippen LogP contribution is 2.37. The van der Waals surface area contributed by atoms with E-state index in [4.69, 9.17) is 4.74 Å². The quantitative estimate of drug-likeness (QED) is 0.545. The molecule has 0 bridgehead atoms. The molecular formula is C23H22F2N2O4S. The van der Waals surface area contributed by atoms with Gasteiger partial charge in [0.1, 0.15) is 11.6 Å². The van der Waals surface area contributed by atoms with Gasteiger partial charge < -0.3 is 9.30 Å². The summed E-state index contributed by atoms with van der Waals surface area (Å²) in [6.07, 6.45) is 2.07. The second kappa shape index (κ2) is 9.46. The van der Waals surface area contributed by atoms with Crippen molar-refractivity contribution in [3.05, 3.63) is 93.8 Å². The fourth-order valence-corrected chi connectivity index (χ4v) is 3.70. The lowest BCUT2D eigenvalue weighted by Gasteiger charge is -2.18. The first-order chi connectivity index (χ1) is 15.1. The van der Waals surface area contributed by atoms with E-state index in [9.17, 15) is 22.0 Å². The SMILES string of the molecule is C=CS(=O)(=O)NCc1cccc(Oc2ccc(F)cc2F)c1-c1cc(CC)c(=O)n(C)c1. The van der Waals surface area contributed by atoms with Crippen LogP contribution in [0.25, 0.3) is 11.1 Å². The van der Waals surface area contributed by atoms with Gasteiger partial charge in [-0.3, -0.25) is 4.79 Å². The summed E-state index contributed by atoms with van der Waals surface area (Å²) in [6.45, 7) is 5.02. The molecular weight excluding hydrogens is 438 g/mol. The van der Waals surface area contributed by atoms with Crippen LogP contribution in [-0.2, 0) is 30.0 Å². The molecule has 0 amide bonds. The Morgan fingerprint density at radius 1 is 1.12 bits per heavy atom. The van der Waals surface area contributed by atoms with E-state index >= 15 is 0 Å². The fraction of sp³-hybridized carbons (Fsp3) is 0.174. The zero-order chi connectivity index (χ0) is 23.5. The molecule has 1 heterocycles. The Morgan fingerprint density at radius 2 is 1.88 bits per heavy atom. The van der Waals surface area contributed by atoms with Gasteiger partial charge in [-0.05, 0) is 36.2 Å². The van der Waals surface area contributed by atoms with Crippen molar-refractivity contribution in [1.82, 2.24) is 9.29 Å². The third-order valence-corrected chi connectivity index (χ3v) is 5.82. The van der Waals surface area contributed by atoms with Gasteiger partial charge in [0.05, 0.1) is 0 Å². The third kappa shape index (κ3) is 5.12. The third-order valence-electron chi connectivity index (χ3n) is 4.84. The highest BCUT2D eigenvalue weighted by molar-refractivity contribution is 7.92. The van der Waals surface area contributed by atoms with Crippen LogP contribution in [-0.4, -0.2) is 13.0 Å². The molecule has 0 saturated carbocycles. The minimum Gasteiger partial charge on any atom is -0.454 e. The maximum atomic E-state index is 14.2. The van der Waals surface area contributed by atoms with Gasteiger partial charge in [0.15, 0.2) is 11.6 Å². The molecule has 9 heteroatoms. The number of ether oxygens (including phenoxy) is 1. The molecule has 0 aliphatic heterocycles. The summed E-state index contributed by atoms with van der Waals surface area (Å²) in [5.74, 6) is -1.61. The lowest BCUT2D eigenvalue weighted by molar-refractivity contribution is 0.438. The molecule has 1 N–H and O–H groups in total. The first kappa shape index (κ1) is 23.4. The van der Waals surface area contributed by atoms with Crippen molar-refractivity contribution in [2.45, 2.75) is 19.9 Å². The zero-order valence-corrected chi connectivity index (χ0v) is 18.4. The first-order valence-electron chi connectivity index (χ1n) is 9.72. The summed E-state index contributed by atoms with van der Waals surface area (Å²) >= 11 is 0. The molecule has 0 spiro atoms. The summed E-state index contributed by atoms with van der Waals surface area (Å²) in [6, 6.07) is 9.53. The van der Waals surface area contributed by atoms with Crippen LogP contribution in [0.2, 0.25) is 0 Å². The van der Waals surface area contributed by atoms with E-state index in [0.29, 0.717) is 34.7 Å². The number of sulfonamides is 1. The van der Waals surface area contributed by atoms with Gasteiger partial charge in [0.2, 0.25) is 10.0 Å². The maximum absolute atomic E-state index is 14.2. The lowest BCUT2D eigenvalue weighted by atomic mass is 9.98. The monoisotopic (exact) mass is 460 g/mol. The van der Waals surface area contributed by atoms with E-state index in [1.807, 2.05) is 6.92 Å². The van der Waals surface area contributed by atoms with Crippen LogP contribution in [0.4, 0.5) is 8.78 Å². The number of rotatable bonds is 8. The molecule has 0 aliphatic rings. The second-order valence-corrected chi connectivity index (χ2v) is 8.74. The molecule has 2 aromatic carbocycles. The van der Waals surface area contributed by atoms with E-state index in [-0.39, 0.29) is 23.6 Å². The van der Waals surface area contributed by atoms with E-state index in [2.05, 4.69) is 11.3 Å². The number of aryl methyl sites for hydroxylation is 2. The number of nitrogens with one attached hydrogen (secondary N) is 1. The van der Waals surface area contributed by atoms with Gasteiger partial charge in [-0.1, -0.05) is 25.6 Å². The largest absolute Gasteiger partial charge is 0.454 e. The predicted octanol–water partition coefficient (Wildman–Crippen LogP) is 4.25. The highest BCUT2D eigenvalue weighted by Gasteiger charge is 2.18. The second-order valence-electron chi connectivity index (χ2n) is 7.02. The summed E-state index contributed by atoms with van der Waals surface area (Å²) < 4.78 is 60.9. The van der Waals surface area contributed by atoms with Crippen molar-refractivity contribution >= 4 is 10.0 Å². The minimum absolute atomic E-state index is 0.100. The fourth-order valence-electron chi connectivity index (χ4n) is 3.22. The number of pyridine rings is 1. The van der Waals surface area contributed by atoms with Crippen LogP contribution < -0.4 is 15.0 Å². The topological polar surface area (TPSA) is 77.4 Å². The molecule has 0 saturated heterocycles. The van der Waals surface area contributed by atoms with Gasteiger partial charge >= 0.3 is 0 Å². The molecule has 0 atom stereocenters. The molecule has 0 fully saturated rings. The van der Waals surface area contributed by atoms with Crippen molar-refractivity contribution in [2.24, 2.45) is 7.05 Å². The van der Waals surface area contributed by atoms with Crippen LogP contribution in [0, 0.1) is 11.6 Å². The minimum atomic E-state index is -3.71. The van der Waals surface area contributed by atoms with Crippen LogP contribution >= 0.6 is 0 Å². The average molecular weight is 461 g/mol. The van der Waals surface area contributed by atoms with Gasteiger partial charge in [-0.25, -0.2) is 21.9 Å². The van der Waals surface area contributed by atoms with Crippen LogP contribution in [0.3, 0.4) is 0 Å². The average Bonchev–Trinajstić information content (AvgIpc) is 2.76. The van der Waals surface area contributed by atoms with Crippen LogP contribution in [0.5, 0.6) is 11.5 Å². The number of hydrogen-bond donors (Lipinski definition) is 1. The normalized spacial score (nSPS) is 11.4. The maximum Gasteiger partial charge on any atom is 0.253 e. The molecule has 0 aliphatic carbocycles. The lowest BCUT2D eigenvalue weighted by Crippen LogP contribution is -2.22. The Morgan fingerprint density at radius 3 is 2.53 bits per heavy atom. The van der Waals surface area contributed by atoms with Crippen molar-refractivity contribution in [2.75, 3.05) is 0 Å². The Balaban J connectivity index is 2.19. The Hall–Kier alpha value is -3.30. The molecule has 32 heavy (non-hydrogen) atoms. The van der Waals surface area contributed by atoms with Crippen LogP contribution in [0.15, 0.2) is 65.4 Å². The smallest absolute Gasteiger partial charge is 0.253 e. The van der Waals surface area contributed by atoms with E-state index in [0.717, 1.165) is 11.5 Å². The Labute approximate surface area is 184 Å². The van der Waals surface area contributed by atoms with Gasteiger partial charge in [-0.15, -0.1) is 0 Å². The number of aromatic nitrogens is 1. The molecule has 168 valence electrons. The molecule has 1 aromatic heterocycles. The van der Waals surface area contributed by atoms with Crippen molar-refractivity contribution < 1.29 is 21.9 Å². The summed E-state index contributed by atoms with van der Waals surface area (Å²) in [4.78, 5) is 12.4. The number of nitrogens with zero attached hydrogens (tertiary/aromatic N) is 1. The highest BCUT2D eigenvalue weighted by atomic mass is 32.2. The first-order valence-corrected chi connectivity index (χ1v) is 11.3. The summed E-state index contributed by atoms with van der Waals surface area (Å²) in [7, 11) is -2.11. The van der Waals surface area contributed by atoms with Crippen molar-refractivity contribution in [3.63, 3.8) is 0 Å². The Kier molecular flexibility index (Phi) is 6.90. The molecule has 0 unspecified atom stereocenters. The molecule has 3 rings (SSSR count).